The summed E-state index contributed by atoms with van der Waals surface area (Å²) in [6.07, 6.45) is 0. The molecule has 2 aromatic rings. The molecular formula is C19H18N2O4S. The number of carbonyl (C=O) groups excluding carboxylic acids is 3. The van der Waals surface area contributed by atoms with E-state index < -0.39 is 23.7 Å². The summed E-state index contributed by atoms with van der Waals surface area (Å²) in [7, 11) is 0. The fourth-order valence-electron chi connectivity index (χ4n) is 2.54. The number of carbonyl (C=O) groups is 3. The lowest BCUT2D eigenvalue weighted by Gasteiger charge is -2.29. The third kappa shape index (κ3) is 4.23. The smallest absolute Gasteiger partial charge is 0.319 e. The van der Waals surface area contributed by atoms with E-state index in [9.17, 15) is 14.4 Å². The van der Waals surface area contributed by atoms with Crippen LogP contribution in [0.15, 0.2) is 59.5 Å². The van der Waals surface area contributed by atoms with Crippen LogP contribution in [0.2, 0.25) is 0 Å². The number of hydrogen-bond acceptors (Lipinski definition) is 5. The number of anilines is 2. The molecule has 1 aliphatic heterocycles. The SMILES string of the molecule is C[C@H](Sc1ccccc1)C(=O)OCC(=O)N1CC(=O)Nc2ccccc21. The molecule has 0 saturated heterocycles. The van der Waals surface area contributed by atoms with Crippen LogP contribution in [0.1, 0.15) is 6.92 Å². The van der Waals surface area contributed by atoms with Crippen molar-refractivity contribution in [1.29, 1.82) is 0 Å². The van der Waals surface area contributed by atoms with E-state index >= 15 is 0 Å². The Morgan fingerprint density at radius 1 is 1.15 bits per heavy atom. The lowest BCUT2D eigenvalue weighted by molar-refractivity contribution is -0.147. The molecule has 2 amide bonds. The molecule has 1 heterocycles. The van der Waals surface area contributed by atoms with Gasteiger partial charge < -0.3 is 10.1 Å². The molecule has 0 radical (unpaired) electrons. The van der Waals surface area contributed by atoms with Crippen LogP contribution in [-0.4, -0.2) is 36.2 Å². The molecule has 2 aromatic carbocycles. The van der Waals surface area contributed by atoms with Gasteiger partial charge in [0.15, 0.2) is 6.61 Å². The number of benzene rings is 2. The van der Waals surface area contributed by atoms with Crippen molar-refractivity contribution in [2.75, 3.05) is 23.4 Å². The monoisotopic (exact) mass is 370 g/mol. The van der Waals surface area contributed by atoms with Crippen LogP contribution in [0.5, 0.6) is 0 Å². The number of para-hydroxylation sites is 2. The predicted molar refractivity (Wildman–Crippen MR) is 100 cm³/mol. The first-order chi connectivity index (χ1) is 12.5. The molecule has 134 valence electrons. The Labute approximate surface area is 155 Å². The Morgan fingerprint density at radius 3 is 2.62 bits per heavy atom. The maximum atomic E-state index is 12.5. The summed E-state index contributed by atoms with van der Waals surface area (Å²) in [5.74, 6) is -1.18. The zero-order valence-electron chi connectivity index (χ0n) is 14.2. The van der Waals surface area contributed by atoms with E-state index in [1.165, 1.54) is 16.7 Å². The van der Waals surface area contributed by atoms with E-state index in [2.05, 4.69) is 5.32 Å². The standard InChI is InChI=1S/C19H18N2O4S/c1-13(26-14-7-3-2-4-8-14)19(24)25-12-18(23)21-11-17(22)20-15-9-5-6-10-16(15)21/h2-10,13H,11-12H2,1H3,(H,20,22)/t13-/m0/s1. The molecule has 0 aliphatic carbocycles. The number of hydrogen-bond donors (Lipinski definition) is 1. The third-order valence-corrected chi connectivity index (χ3v) is 4.89. The van der Waals surface area contributed by atoms with E-state index in [1.807, 2.05) is 30.3 Å². The van der Waals surface area contributed by atoms with Crippen molar-refractivity contribution in [2.45, 2.75) is 17.1 Å². The molecule has 0 spiro atoms. The largest absolute Gasteiger partial charge is 0.455 e. The Balaban J connectivity index is 1.58. The third-order valence-electron chi connectivity index (χ3n) is 3.80. The van der Waals surface area contributed by atoms with Gasteiger partial charge >= 0.3 is 5.97 Å². The summed E-state index contributed by atoms with van der Waals surface area (Å²) in [5.41, 5.74) is 1.16. The molecule has 3 rings (SSSR count). The van der Waals surface area contributed by atoms with Crippen molar-refractivity contribution in [3.8, 4) is 0 Å². The summed E-state index contributed by atoms with van der Waals surface area (Å²) < 4.78 is 5.16. The summed E-state index contributed by atoms with van der Waals surface area (Å²) >= 11 is 1.36. The first kappa shape index (κ1) is 18.0. The molecule has 0 aromatic heterocycles. The molecule has 1 atom stereocenters. The second-order valence-electron chi connectivity index (χ2n) is 5.73. The zero-order chi connectivity index (χ0) is 18.5. The maximum absolute atomic E-state index is 12.5. The van der Waals surface area contributed by atoms with E-state index in [4.69, 9.17) is 4.74 Å². The second-order valence-corrected chi connectivity index (χ2v) is 7.14. The molecule has 26 heavy (non-hydrogen) atoms. The van der Waals surface area contributed by atoms with Gasteiger partial charge in [-0.2, -0.15) is 0 Å². The normalized spacial score (nSPS) is 14.2. The van der Waals surface area contributed by atoms with Crippen molar-refractivity contribution >= 4 is 40.9 Å². The van der Waals surface area contributed by atoms with Gasteiger partial charge in [0.25, 0.3) is 5.91 Å². The minimum atomic E-state index is -0.470. The van der Waals surface area contributed by atoms with Crippen LogP contribution in [-0.2, 0) is 19.1 Å². The van der Waals surface area contributed by atoms with Gasteiger partial charge in [-0.05, 0) is 31.2 Å². The number of rotatable bonds is 5. The lowest BCUT2D eigenvalue weighted by Crippen LogP contribution is -2.44. The Morgan fingerprint density at radius 2 is 1.85 bits per heavy atom. The fraction of sp³-hybridized carbons (Fsp3) is 0.211. The van der Waals surface area contributed by atoms with Crippen LogP contribution >= 0.6 is 11.8 Å². The van der Waals surface area contributed by atoms with Crippen LogP contribution in [0.25, 0.3) is 0 Å². The molecule has 1 aliphatic rings. The van der Waals surface area contributed by atoms with Crippen molar-refractivity contribution in [1.82, 2.24) is 0 Å². The van der Waals surface area contributed by atoms with Gasteiger partial charge in [0, 0.05) is 4.90 Å². The quantitative estimate of drug-likeness (QED) is 0.647. The maximum Gasteiger partial charge on any atom is 0.319 e. The van der Waals surface area contributed by atoms with Gasteiger partial charge in [-0.25, -0.2) is 0 Å². The van der Waals surface area contributed by atoms with Crippen molar-refractivity contribution < 1.29 is 19.1 Å². The van der Waals surface area contributed by atoms with Crippen molar-refractivity contribution in [2.24, 2.45) is 0 Å². The highest BCUT2D eigenvalue weighted by atomic mass is 32.2. The van der Waals surface area contributed by atoms with Crippen molar-refractivity contribution in [3.63, 3.8) is 0 Å². The molecule has 0 fully saturated rings. The Bertz CT molecular complexity index is 825. The van der Waals surface area contributed by atoms with E-state index in [0.717, 1.165) is 4.90 Å². The van der Waals surface area contributed by atoms with Crippen LogP contribution in [0.4, 0.5) is 11.4 Å². The highest BCUT2D eigenvalue weighted by molar-refractivity contribution is 8.00. The number of nitrogens with zero attached hydrogens (tertiary/aromatic N) is 1. The Kier molecular flexibility index (Phi) is 5.58. The molecular weight excluding hydrogens is 352 g/mol. The van der Waals surface area contributed by atoms with Gasteiger partial charge in [-0.3, -0.25) is 19.3 Å². The zero-order valence-corrected chi connectivity index (χ0v) is 15.0. The lowest BCUT2D eigenvalue weighted by atomic mass is 10.2. The van der Waals surface area contributed by atoms with Gasteiger partial charge in [-0.15, -0.1) is 11.8 Å². The average molecular weight is 370 g/mol. The van der Waals surface area contributed by atoms with Crippen LogP contribution < -0.4 is 10.2 Å². The second kappa shape index (κ2) is 8.05. The Hall–Kier alpha value is -2.80. The topological polar surface area (TPSA) is 75.7 Å². The van der Waals surface area contributed by atoms with Gasteiger partial charge in [0.1, 0.15) is 11.8 Å². The summed E-state index contributed by atoms with van der Waals surface area (Å²) in [5, 5.41) is 2.27. The van der Waals surface area contributed by atoms with Crippen LogP contribution in [0.3, 0.4) is 0 Å². The average Bonchev–Trinajstić information content (AvgIpc) is 2.65. The van der Waals surface area contributed by atoms with Gasteiger partial charge in [0.2, 0.25) is 5.91 Å². The molecule has 7 heteroatoms. The number of esters is 1. The molecule has 1 N–H and O–H groups in total. The first-order valence-electron chi connectivity index (χ1n) is 8.12. The number of thioether (sulfide) groups is 1. The summed E-state index contributed by atoms with van der Waals surface area (Å²) in [6.45, 7) is 1.23. The fourth-order valence-corrected chi connectivity index (χ4v) is 3.42. The number of nitrogens with one attached hydrogen (secondary N) is 1. The first-order valence-corrected chi connectivity index (χ1v) is 9.00. The number of ether oxygens (including phenoxy) is 1. The number of fused-ring (bicyclic) bond motifs is 1. The summed E-state index contributed by atoms with van der Waals surface area (Å²) in [4.78, 5) is 38.7. The van der Waals surface area contributed by atoms with Gasteiger partial charge in [-0.1, -0.05) is 30.3 Å². The highest BCUT2D eigenvalue weighted by Crippen LogP contribution is 2.29. The minimum absolute atomic E-state index is 0.0955. The van der Waals surface area contributed by atoms with E-state index in [1.54, 1.807) is 31.2 Å². The van der Waals surface area contributed by atoms with Crippen LogP contribution in [0, 0.1) is 0 Å². The van der Waals surface area contributed by atoms with E-state index in [-0.39, 0.29) is 12.5 Å². The molecule has 6 nitrogen and oxygen atoms in total. The summed E-state index contributed by atoms with van der Waals surface area (Å²) in [6, 6.07) is 16.5. The molecule has 0 bridgehead atoms. The van der Waals surface area contributed by atoms with Gasteiger partial charge in [0.05, 0.1) is 11.4 Å². The van der Waals surface area contributed by atoms with E-state index in [0.29, 0.717) is 11.4 Å². The highest BCUT2D eigenvalue weighted by Gasteiger charge is 2.27. The molecule has 0 saturated carbocycles. The minimum Gasteiger partial charge on any atom is -0.455 e. The number of amides is 2. The van der Waals surface area contributed by atoms with Crippen molar-refractivity contribution in [3.05, 3.63) is 54.6 Å². The predicted octanol–water partition coefficient (Wildman–Crippen LogP) is 2.70. The molecule has 0 unspecified atom stereocenters.